The largest absolute Gasteiger partial charge is 0.509 e. The van der Waals surface area contributed by atoms with Crippen molar-refractivity contribution in [3.8, 4) is 0 Å². The normalized spacial score (nSPS) is 17.6. The Morgan fingerprint density at radius 3 is 2.37 bits per heavy atom. The summed E-state index contributed by atoms with van der Waals surface area (Å²) in [7, 11) is 1.95. The predicted molar refractivity (Wildman–Crippen MR) is 68.6 cm³/mol. The van der Waals surface area contributed by atoms with Crippen LogP contribution >= 0.6 is 0 Å². The fourth-order valence-corrected chi connectivity index (χ4v) is 2.07. The summed E-state index contributed by atoms with van der Waals surface area (Å²) in [6.45, 7) is -2.47. The van der Waals surface area contributed by atoms with Crippen LogP contribution in [0.5, 0.6) is 0 Å². The number of rotatable bonds is 2. The van der Waals surface area contributed by atoms with Gasteiger partial charge in [-0.2, -0.15) is 0 Å². The zero-order valence-electron chi connectivity index (χ0n) is 10.7. The molecule has 1 aromatic carbocycles. The Labute approximate surface area is 110 Å². The molecular formula is C12H15BF3N2O-. The summed E-state index contributed by atoms with van der Waals surface area (Å²) in [6.07, 6.45) is 0. The monoisotopic (exact) mass is 271 g/mol. The van der Waals surface area contributed by atoms with Crippen molar-refractivity contribution in [2.75, 3.05) is 33.2 Å². The average Bonchev–Trinajstić information content (AvgIpc) is 2.38. The Morgan fingerprint density at radius 2 is 1.79 bits per heavy atom. The van der Waals surface area contributed by atoms with E-state index in [-0.39, 0.29) is 11.5 Å². The van der Waals surface area contributed by atoms with Gasteiger partial charge in [0.1, 0.15) is 0 Å². The topological polar surface area (TPSA) is 23.6 Å². The van der Waals surface area contributed by atoms with Crippen molar-refractivity contribution in [3.63, 3.8) is 0 Å². The molecule has 0 saturated carbocycles. The summed E-state index contributed by atoms with van der Waals surface area (Å²) >= 11 is 0. The highest BCUT2D eigenvalue weighted by molar-refractivity contribution is 6.73. The molecule has 0 atom stereocenters. The molecule has 1 saturated heterocycles. The zero-order chi connectivity index (χ0) is 14.0. The molecule has 0 N–H and O–H groups in total. The SMILES string of the molecule is CN1CCN(C(=O)c2cccc([B-](F)(F)F)c2)CC1. The fourth-order valence-electron chi connectivity index (χ4n) is 2.07. The maximum Gasteiger partial charge on any atom is 0.509 e. The summed E-state index contributed by atoms with van der Waals surface area (Å²) < 4.78 is 38.0. The van der Waals surface area contributed by atoms with E-state index in [4.69, 9.17) is 0 Å². The van der Waals surface area contributed by atoms with Crippen LogP contribution < -0.4 is 5.46 Å². The number of hydrogen-bond acceptors (Lipinski definition) is 2. The van der Waals surface area contributed by atoms with Gasteiger partial charge < -0.3 is 22.7 Å². The van der Waals surface area contributed by atoms with Crippen molar-refractivity contribution in [2.24, 2.45) is 0 Å². The average molecular weight is 271 g/mol. The number of likely N-dealkylation sites (N-methyl/N-ethyl adjacent to an activating group) is 1. The number of hydrogen-bond donors (Lipinski definition) is 0. The first-order valence-corrected chi connectivity index (χ1v) is 6.15. The number of piperazine rings is 1. The Kier molecular flexibility index (Phi) is 3.84. The molecule has 1 aliphatic rings. The summed E-state index contributed by atoms with van der Waals surface area (Å²) in [6, 6.07) is 4.67. The molecule has 2 rings (SSSR count). The number of halogens is 3. The molecule has 0 unspecified atom stereocenters. The van der Waals surface area contributed by atoms with Gasteiger partial charge in [-0.15, -0.1) is 5.46 Å². The second-order valence-corrected chi connectivity index (χ2v) is 4.80. The molecule has 1 amide bonds. The first-order valence-electron chi connectivity index (χ1n) is 6.15. The highest BCUT2D eigenvalue weighted by Gasteiger charge is 2.27. The van der Waals surface area contributed by atoms with Crippen LogP contribution in [0.4, 0.5) is 12.9 Å². The van der Waals surface area contributed by atoms with Gasteiger partial charge in [-0.1, -0.05) is 18.2 Å². The minimum Gasteiger partial charge on any atom is -0.445 e. The van der Waals surface area contributed by atoms with Gasteiger partial charge in [-0.25, -0.2) is 0 Å². The molecule has 19 heavy (non-hydrogen) atoms. The molecule has 1 aromatic rings. The third kappa shape index (κ3) is 3.29. The van der Waals surface area contributed by atoms with Gasteiger partial charge in [-0.05, 0) is 13.1 Å². The zero-order valence-corrected chi connectivity index (χ0v) is 10.7. The number of carbonyl (C=O) groups excluding carboxylic acids is 1. The summed E-state index contributed by atoms with van der Waals surface area (Å²) in [4.78, 5) is 15.8. The van der Waals surface area contributed by atoms with Crippen LogP contribution in [0.3, 0.4) is 0 Å². The summed E-state index contributed by atoms with van der Waals surface area (Å²) in [5.41, 5.74) is -0.610. The minimum atomic E-state index is -5.06. The van der Waals surface area contributed by atoms with Crippen molar-refractivity contribution in [1.82, 2.24) is 9.80 Å². The van der Waals surface area contributed by atoms with Gasteiger partial charge in [-0.3, -0.25) is 4.79 Å². The van der Waals surface area contributed by atoms with E-state index in [1.165, 1.54) is 12.1 Å². The van der Waals surface area contributed by atoms with E-state index >= 15 is 0 Å². The van der Waals surface area contributed by atoms with E-state index in [0.29, 0.717) is 13.1 Å². The number of carbonyl (C=O) groups is 1. The van der Waals surface area contributed by atoms with Gasteiger partial charge in [0, 0.05) is 31.7 Å². The maximum absolute atomic E-state index is 12.7. The van der Waals surface area contributed by atoms with Crippen LogP contribution in [-0.2, 0) is 0 Å². The molecule has 0 spiro atoms. The first-order chi connectivity index (χ1) is 8.88. The van der Waals surface area contributed by atoms with Crippen molar-refractivity contribution in [1.29, 1.82) is 0 Å². The van der Waals surface area contributed by atoms with E-state index in [0.717, 1.165) is 25.2 Å². The molecule has 1 fully saturated rings. The lowest BCUT2D eigenvalue weighted by Crippen LogP contribution is -2.47. The molecule has 0 bridgehead atoms. The second kappa shape index (κ2) is 5.24. The highest BCUT2D eigenvalue weighted by atomic mass is 19.4. The van der Waals surface area contributed by atoms with E-state index in [1.54, 1.807) is 4.90 Å². The van der Waals surface area contributed by atoms with E-state index < -0.39 is 12.4 Å². The minimum absolute atomic E-state index is 0.112. The van der Waals surface area contributed by atoms with Crippen molar-refractivity contribution >= 4 is 18.3 Å². The number of amides is 1. The Hall–Kier alpha value is -1.50. The van der Waals surface area contributed by atoms with Crippen LogP contribution in [0, 0.1) is 0 Å². The Balaban J connectivity index is 2.15. The Morgan fingerprint density at radius 1 is 1.16 bits per heavy atom. The van der Waals surface area contributed by atoms with Crippen molar-refractivity contribution in [3.05, 3.63) is 29.8 Å². The van der Waals surface area contributed by atoms with E-state index in [1.807, 2.05) is 7.05 Å². The first kappa shape index (κ1) is 13.9. The van der Waals surface area contributed by atoms with Crippen LogP contribution in [0.25, 0.3) is 0 Å². The standard InChI is InChI=1S/C12H15BF3N2O/c1-17-5-7-18(8-6-17)12(19)10-3-2-4-11(9-10)13(14,15)16/h2-4,9H,5-8H2,1H3/q-1. The van der Waals surface area contributed by atoms with E-state index in [9.17, 15) is 17.7 Å². The van der Waals surface area contributed by atoms with Gasteiger partial charge in [0.15, 0.2) is 0 Å². The number of benzene rings is 1. The molecule has 104 valence electrons. The molecule has 0 aromatic heterocycles. The highest BCUT2D eigenvalue weighted by Crippen LogP contribution is 2.12. The molecule has 3 nitrogen and oxygen atoms in total. The lowest BCUT2D eigenvalue weighted by molar-refractivity contribution is 0.0664. The third-order valence-corrected chi connectivity index (χ3v) is 3.30. The quantitative estimate of drug-likeness (QED) is 0.753. The molecule has 0 radical (unpaired) electrons. The molecule has 7 heteroatoms. The van der Waals surface area contributed by atoms with Crippen molar-refractivity contribution in [2.45, 2.75) is 0 Å². The summed E-state index contributed by atoms with van der Waals surface area (Å²) in [5, 5.41) is 0. The van der Waals surface area contributed by atoms with Crippen LogP contribution in [0.1, 0.15) is 10.4 Å². The van der Waals surface area contributed by atoms with Gasteiger partial charge in [0.2, 0.25) is 0 Å². The molecule has 1 aliphatic heterocycles. The predicted octanol–water partition coefficient (Wildman–Crippen LogP) is 1.13. The van der Waals surface area contributed by atoms with Gasteiger partial charge in [0.05, 0.1) is 0 Å². The van der Waals surface area contributed by atoms with Crippen LogP contribution in [-0.4, -0.2) is 55.9 Å². The lowest BCUT2D eigenvalue weighted by atomic mass is 9.79. The van der Waals surface area contributed by atoms with Crippen LogP contribution in [0.15, 0.2) is 24.3 Å². The summed E-state index contributed by atoms with van der Waals surface area (Å²) in [5.74, 6) is -0.324. The van der Waals surface area contributed by atoms with Gasteiger partial charge in [0.25, 0.3) is 5.91 Å². The molecule has 1 heterocycles. The number of nitrogens with zero attached hydrogens (tertiary/aromatic N) is 2. The lowest BCUT2D eigenvalue weighted by Gasteiger charge is -2.32. The van der Waals surface area contributed by atoms with E-state index in [2.05, 4.69) is 4.90 Å². The van der Waals surface area contributed by atoms with Gasteiger partial charge >= 0.3 is 6.98 Å². The van der Waals surface area contributed by atoms with Crippen molar-refractivity contribution < 1.29 is 17.7 Å². The second-order valence-electron chi connectivity index (χ2n) is 4.80. The van der Waals surface area contributed by atoms with Crippen LogP contribution in [0.2, 0.25) is 0 Å². The third-order valence-electron chi connectivity index (χ3n) is 3.30. The molecule has 0 aliphatic carbocycles. The smallest absolute Gasteiger partial charge is 0.445 e. The fraction of sp³-hybridized carbons (Fsp3) is 0.417. The molecular weight excluding hydrogens is 256 g/mol. The maximum atomic E-state index is 12.7. The Bertz CT molecular complexity index is 470.